The van der Waals surface area contributed by atoms with Crippen LogP contribution in [0.15, 0.2) is 0 Å². The van der Waals surface area contributed by atoms with Gasteiger partial charge in [0.1, 0.15) is 0 Å². The predicted octanol–water partition coefficient (Wildman–Crippen LogP) is 0.146. The molecular formula is C12H26ClN3O3S. The van der Waals surface area contributed by atoms with Crippen molar-refractivity contribution in [1.29, 1.82) is 0 Å². The summed E-state index contributed by atoms with van der Waals surface area (Å²) in [5, 5.41) is 2.08. The Labute approximate surface area is 128 Å². The van der Waals surface area contributed by atoms with E-state index in [2.05, 4.69) is 5.32 Å². The van der Waals surface area contributed by atoms with Gasteiger partial charge in [0.15, 0.2) is 5.25 Å². The molecule has 1 fully saturated rings. The second-order valence-corrected chi connectivity index (χ2v) is 7.60. The van der Waals surface area contributed by atoms with Crippen molar-refractivity contribution in [2.24, 2.45) is 5.92 Å². The maximum Gasteiger partial charge on any atom is 0.241 e. The molecule has 1 heterocycles. The van der Waals surface area contributed by atoms with Gasteiger partial charge in [-0.3, -0.25) is 4.79 Å². The molecule has 1 aliphatic rings. The average Bonchev–Trinajstić information content (AvgIpc) is 2.37. The molecule has 120 valence electrons. The van der Waals surface area contributed by atoms with Crippen molar-refractivity contribution in [1.82, 2.24) is 14.5 Å². The molecule has 1 saturated heterocycles. The summed E-state index contributed by atoms with van der Waals surface area (Å²) in [5.74, 6) is -0.0362. The lowest BCUT2D eigenvalue weighted by atomic mass is 10.00. The third kappa shape index (κ3) is 4.58. The second kappa shape index (κ2) is 8.17. The van der Waals surface area contributed by atoms with Crippen molar-refractivity contribution in [2.75, 3.05) is 40.8 Å². The maximum atomic E-state index is 12.4. The molecule has 0 aromatic carbocycles. The number of hydrogen-bond acceptors (Lipinski definition) is 4. The summed E-state index contributed by atoms with van der Waals surface area (Å²) in [6.45, 7) is 3.31. The smallest absolute Gasteiger partial charge is 0.241 e. The molecule has 1 N–H and O–H groups in total. The quantitative estimate of drug-likeness (QED) is 0.780. The Bertz CT molecular complexity index is 412. The first-order valence-corrected chi connectivity index (χ1v) is 8.15. The van der Waals surface area contributed by atoms with Crippen LogP contribution in [0, 0.1) is 5.92 Å². The summed E-state index contributed by atoms with van der Waals surface area (Å²) in [6.07, 6.45) is 1.89. The van der Waals surface area contributed by atoms with E-state index in [1.165, 1.54) is 16.1 Å². The van der Waals surface area contributed by atoms with E-state index in [4.69, 9.17) is 0 Å². The van der Waals surface area contributed by atoms with Crippen LogP contribution in [0.5, 0.6) is 0 Å². The first-order valence-electron chi connectivity index (χ1n) is 6.65. The number of halogens is 1. The molecule has 0 radical (unpaired) electrons. The van der Waals surface area contributed by atoms with E-state index >= 15 is 0 Å². The van der Waals surface area contributed by atoms with Crippen LogP contribution in [0.25, 0.3) is 0 Å². The predicted molar refractivity (Wildman–Crippen MR) is 82.5 cm³/mol. The van der Waals surface area contributed by atoms with Crippen LogP contribution in [-0.4, -0.2) is 69.6 Å². The number of nitrogens with one attached hydrogen (secondary N) is 1. The standard InChI is InChI=1S/C12H25N3O3S.ClH/c1-10(12(16)14(3)4)19(17,18)15-7-5-6-11(9-15)8-13-2;/h10-11,13H,5-9H2,1-4H3;1H. The molecule has 0 aromatic heterocycles. The minimum Gasteiger partial charge on any atom is -0.348 e. The molecule has 1 aliphatic heterocycles. The largest absolute Gasteiger partial charge is 0.348 e. The number of hydrogen-bond donors (Lipinski definition) is 1. The number of piperidine rings is 1. The molecule has 20 heavy (non-hydrogen) atoms. The number of nitrogens with zero attached hydrogens (tertiary/aromatic N) is 2. The van der Waals surface area contributed by atoms with E-state index in [1.54, 1.807) is 14.1 Å². The monoisotopic (exact) mass is 327 g/mol. The lowest BCUT2D eigenvalue weighted by Gasteiger charge is -2.33. The molecular weight excluding hydrogens is 302 g/mol. The van der Waals surface area contributed by atoms with E-state index in [-0.39, 0.29) is 18.3 Å². The third-order valence-electron chi connectivity index (χ3n) is 3.57. The first kappa shape index (κ1) is 19.6. The van der Waals surface area contributed by atoms with Crippen molar-refractivity contribution in [3.8, 4) is 0 Å². The molecule has 0 aromatic rings. The number of amides is 1. The summed E-state index contributed by atoms with van der Waals surface area (Å²) in [5.41, 5.74) is 0. The van der Waals surface area contributed by atoms with E-state index in [1.807, 2.05) is 7.05 Å². The third-order valence-corrected chi connectivity index (χ3v) is 5.72. The van der Waals surface area contributed by atoms with Crippen LogP contribution >= 0.6 is 12.4 Å². The fourth-order valence-corrected chi connectivity index (χ4v) is 4.14. The van der Waals surface area contributed by atoms with Crippen LogP contribution < -0.4 is 5.32 Å². The van der Waals surface area contributed by atoms with Gasteiger partial charge in [0.2, 0.25) is 15.9 Å². The summed E-state index contributed by atoms with van der Waals surface area (Å²) >= 11 is 0. The van der Waals surface area contributed by atoms with Gasteiger partial charge < -0.3 is 10.2 Å². The minimum absolute atomic E-state index is 0. The molecule has 6 nitrogen and oxygen atoms in total. The van der Waals surface area contributed by atoms with E-state index in [0.29, 0.717) is 19.0 Å². The zero-order chi connectivity index (χ0) is 14.6. The lowest BCUT2D eigenvalue weighted by Crippen LogP contribution is -2.49. The Kier molecular flexibility index (Phi) is 8.01. The molecule has 0 saturated carbocycles. The summed E-state index contributed by atoms with van der Waals surface area (Å²) in [6, 6.07) is 0. The van der Waals surface area contributed by atoms with Crippen LogP contribution in [-0.2, 0) is 14.8 Å². The lowest BCUT2D eigenvalue weighted by molar-refractivity contribution is -0.128. The second-order valence-electron chi connectivity index (χ2n) is 5.34. The number of rotatable bonds is 5. The number of carbonyl (C=O) groups excluding carboxylic acids is 1. The summed E-state index contributed by atoms with van der Waals surface area (Å²) < 4.78 is 26.4. The summed E-state index contributed by atoms with van der Waals surface area (Å²) in [4.78, 5) is 13.2. The zero-order valence-electron chi connectivity index (χ0n) is 12.6. The summed E-state index contributed by atoms with van der Waals surface area (Å²) in [7, 11) is 1.48. The molecule has 1 rings (SSSR count). The number of carbonyl (C=O) groups is 1. The van der Waals surface area contributed by atoms with Gasteiger partial charge in [0, 0.05) is 27.2 Å². The van der Waals surface area contributed by atoms with E-state index < -0.39 is 15.3 Å². The number of sulfonamides is 1. The van der Waals surface area contributed by atoms with Gasteiger partial charge in [-0.1, -0.05) is 0 Å². The highest BCUT2D eigenvalue weighted by Gasteiger charge is 2.36. The highest BCUT2D eigenvalue weighted by atomic mass is 35.5. The van der Waals surface area contributed by atoms with Crippen molar-refractivity contribution in [2.45, 2.75) is 25.0 Å². The Hall–Kier alpha value is -0.370. The topological polar surface area (TPSA) is 69.7 Å². The van der Waals surface area contributed by atoms with Gasteiger partial charge in [0.05, 0.1) is 0 Å². The zero-order valence-corrected chi connectivity index (χ0v) is 14.3. The van der Waals surface area contributed by atoms with Crippen LogP contribution in [0.3, 0.4) is 0 Å². The minimum atomic E-state index is -3.54. The SMILES string of the molecule is CNCC1CCCN(S(=O)(=O)C(C)C(=O)N(C)C)C1.Cl. The highest BCUT2D eigenvalue weighted by molar-refractivity contribution is 7.90. The molecule has 0 bridgehead atoms. The van der Waals surface area contributed by atoms with E-state index in [0.717, 1.165) is 19.4 Å². The Morgan fingerprint density at radius 3 is 2.55 bits per heavy atom. The van der Waals surface area contributed by atoms with Gasteiger partial charge in [-0.25, -0.2) is 12.7 Å². The van der Waals surface area contributed by atoms with Crippen molar-refractivity contribution < 1.29 is 13.2 Å². The van der Waals surface area contributed by atoms with Crippen molar-refractivity contribution in [3.63, 3.8) is 0 Å². The van der Waals surface area contributed by atoms with Crippen LogP contribution in [0.2, 0.25) is 0 Å². The Balaban J connectivity index is 0.00000361. The van der Waals surface area contributed by atoms with Crippen LogP contribution in [0.4, 0.5) is 0 Å². The van der Waals surface area contributed by atoms with E-state index in [9.17, 15) is 13.2 Å². The normalized spacial score (nSPS) is 21.9. The Morgan fingerprint density at radius 2 is 2.05 bits per heavy atom. The molecule has 0 spiro atoms. The fourth-order valence-electron chi connectivity index (χ4n) is 2.43. The van der Waals surface area contributed by atoms with Gasteiger partial charge in [-0.05, 0) is 39.3 Å². The van der Waals surface area contributed by atoms with Gasteiger partial charge in [0.25, 0.3) is 0 Å². The van der Waals surface area contributed by atoms with Crippen molar-refractivity contribution in [3.05, 3.63) is 0 Å². The maximum absolute atomic E-state index is 12.4. The van der Waals surface area contributed by atoms with Gasteiger partial charge in [-0.2, -0.15) is 0 Å². The molecule has 2 unspecified atom stereocenters. The highest BCUT2D eigenvalue weighted by Crippen LogP contribution is 2.21. The molecule has 1 amide bonds. The Morgan fingerprint density at radius 1 is 1.45 bits per heavy atom. The van der Waals surface area contributed by atoms with Gasteiger partial charge in [-0.15, -0.1) is 12.4 Å². The van der Waals surface area contributed by atoms with Gasteiger partial charge >= 0.3 is 0 Å². The van der Waals surface area contributed by atoms with Crippen LogP contribution in [0.1, 0.15) is 19.8 Å². The first-order chi connectivity index (χ1) is 8.80. The molecule has 2 atom stereocenters. The fraction of sp³-hybridized carbons (Fsp3) is 0.917. The molecule has 8 heteroatoms. The molecule has 0 aliphatic carbocycles. The van der Waals surface area contributed by atoms with Crippen molar-refractivity contribution >= 4 is 28.3 Å². The average molecular weight is 328 g/mol.